The molecule has 1 aromatic rings. The second-order valence-electron chi connectivity index (χ2n) is 4.57. The van der Waals surface area contributed by atoms with Crippen LogP contribution in [0.2, 0.25) is 0 Å². The number of thiol groups is 1. The van der Waals surface area contributed by atoms with Crippen LogP contribution in [0.15, 0.2) is 29.2 Å². The average molecular weight is 262 g/mol. The van der Waals surface area contributed by atoms with Crippen molar-refractivity contribution in [2.24, 2.45) is 5.92 Å². The maximum absolute atomic E-state index is 12.4. The Morgan fingerprint density at radius 1 is 1.44 bits per heavy atom. The summed E-state index contributed by atoms with van der Waals surface area (Å²) in [4.78, 5) is 14.8. The Balaban J connectivity index is 2.88. The molecule has 0 aliphatic carbocycles. The van der Waals surface area contributed by atoms with Crippen LogP contribution in [0.5, 0.6) is 0 Å². The third-order valence-corrected chi connectivity index (χ3v) is 2.89. The van der Waals surface area contributed by atoms with E-state index in [4.69, 9.17) is 5.26 Å². The second-order valence-corrected chi connectivity index (χ2v) is 5.05. The summed E-state index contributed by atoms with van der Waals surface area (Å²) in [6, 6.07) is 9.32. The van der Waals surface area contributed by atoms with Crippen molar-refractivity contribution in [3.63, 3.8) is 0 Å². The quantitative estimate of drug-likeness (QED) is 0.829. The van der Waals surface area contributed by atoms with Gasteiger partial charge in [0.15, 0.2) is 0 Å². The predicted molar refractivity (Wildman–Crippen MR) is 74.7 cm³/mol. The Morgan fingerprint density at radius 2 is 2.11 bits per heavy atom. The number of rotatable bonds is 5. The number of carbonyl (C=O) groups excluding carboxylic acids is 1. The van der Waals surface area contributed by atoms with Crippen molar-refractivity contribution in [3.8, 4) is 6.07 Å². The van der Waals surface area contributed by atoms with E-state index in [2.05, 4.69) is 32.5 Å². The summed E-state index contributed by atoms with van der Waals surface area (Å²) in [6.45, 7) is 5.23. The molecule has 0 saturated carbocycles. The van der Waals surface area contributed by atoms with Gasteiger partial charge in [-0.3, -0.25) is 4.79 Å². The fourth-order valence-corrected chi connectivity index (χ4v) is 1.98. The van der Waals surface area contributed by atoms with Gasteiger partial charge in [-0.15, -0.1) is 12.6 Å². The van der Waals surface area contributed by atoms with Gasteiger partial charge in [0.25, 0.3) is 5.91 Å². The van der Waals surface area contributed by atoms with Crippen LogP contribution in [0, 0.1) is 17.2 Å². The molecule has 0 aliphatic rings. The molecule has 1 rings (SSSR count). The molecule has 1 aromatic carbocycles. The normalized spacial score (nSPS) is 10.2. The summed E-state index contributed by atoms with van der Waals surface area (Å²) in [6.07, 6.45) is 0.354. The van der Waals surface area contributed by atoms with Crippen molar-refractivity contribution >= 4 is 18.5 Å². The number of carbonyl (C=O) groups is 1. The molecule has 0 fully saturated rings. The molecular weight excluding hydrogens is 244 g/mol. The summed E-state index contributed by atoms with van der Waals surface area (Å²) >= 11 is 4.30. The molecule has 96 valence electrons. The molecule has 3 nitrogen and oxygen atoms in total. The van der Waals surface area contributed by atoms with Crippen molar-refractivity contribution in [2.45, 2.75) is 25.2 Å². The van der Waals surface area contributed by atoms with Crippen molar-refractivity contribution in [2.75, 3.05) is 13.1 Å². The van der Waals surface area contributed by atoms with Gasteiger partial charge >= 0.3 is 0 Å². The lowest BCUT2D eigenvalue weighted by Gasteiger charge is -2.24. The van der Waals surface area contributed by atoms with Crippen LogP contribution in [-0.2, 0) is 0 Å². The van der Waals surface area contributed by atoms with Crippen LogP contribution in [0.1, 0.15) is 30.6 Å². The lowest BCUT2D eigenvalue weighted by Crippen LogP contribution is -2.35. The lowest BCUT2D eigenvalue weighted by atomic mass is 10.1. The zero-order valence-corrected chi connectivity index (χ0v) is 11.7. The third kappa shape index (κ3) is 4.08. The van der Waals surface area contributed by atoms with E-state index in [1.807, 2.05) is 12.1 Å². The maximum Gasteiger partial charge on any atom is 0.255 e. The first-order valence-electron chi connectivity index (χ1n) is 6.00. The molecule has 0 radical (unpaired) electrons. The average Bonchev–Trinajstić information content (AvgIpc) is 2.34. The summed E-state index contributed by atoms with van der Waals surface area (Å²) < 4.78 is 0. The van der Waals surface area contributed by atoms with Gasteiger partial charge in [-0.2, -0.15) is 5.26 Å². The van der Waals surface area contributed by atoms with Gasteiger partial charge < -0.3 is 4.90 Å². The fourth-order valence-electron chi connectivity index (χ4n) is 1.73. The molecule has 0 aromatic heterocycles. The molecule has 1 amide bonds. The summed E-state index contributed by atoms with van der Waals surface area (Å²) in [5.74, 6) is 0.323. The zero-order valence-electron chi connectivity index (χ0n) is 10.8. The molecule has 0 saturated heterocycles. The predicted octanol–water partition coefficient (Wildman–Crippen LogP) is 2.99. The van der Waals surface area contributed by atoms with Gasteiger partial charge in [0.2, 0.25) is 0 Å². The Labute approximate surface area is 114 Å². The van der Waals surface area contributed by atoms with E-state index >= 15 is 0 Å². The van der Waals surface area contributed by atoms with Gasteiger partial charge in [0.1, 0.15) is 0 Å². The van der Waals surface area contributed by atoms with Crippen LogP contribution in [0.4, 0.5) is 0 Å². The minimum Gasteiger partial charge on any atom is -0.337 e. The highest BCUT2D eigenvalue weighted by Crippen LogP contribution is 2.16. The van der Waals surface area contributed by atoms with Crippen LogP contribution in [0.3, 0.4) is 0 Å². The number of hydrogen-bond acceptors (Lipinski definition) is 3. The van der Waals surface area contributed by atoms with Gasteiger partial charge in [-0.1, -0.05) is 26.0 Å². The Morgan fingerprint density at radius 3 is 2.67 bits per heavy atom. The largest absolute Gasteiger partial charge is 0.337 e. The van der Waals surface area contributed by atoms with Crippen LogP contribution in [0.25, 0.3) is 0 Å². The van der Waals surface area contributed by atoms with E-state index in [-0.39, 0.29) is 5.91 Å². The molecule has 0 spiro atoms. The number of nitrogens with zero attached hydrogens (tertiary/aromatic N) is 2. The van der Waals surface area contributed by atoms with Crippen molar-refractivity contribution < 1.29 is 4.79 Å². The van der Waals surface area contributed by atoms with Crippen molar-refractivity contribution in [1.29, 1.82) is 5.26 Å². The standard InChI is InChI=1S/C14H18N2OS/c1-11(2)10-16(9-5-8-15)14(17)12-6-3-4-7-13(12)18/h3-4,6-7,11,18H,5,9-10H2,1-2H3. The summed E-state index contributed by atoms with van der Waals surface area (Å²) in [7, 11) is 0. The van der Waals surface area contributed by atoms with E-state index < -0.39 is 0 Å². The smallest absolute Gasteiger partial charge is 0.255 e. The minimum atomic E-state index is -0.0513. The van der Waals surface area contributed by atoms with Gasteiger partial charge in [-0.25, -0.2) is 0 Å². The van der Waals surface area contributed by atoms with Crippen LogP contribution < -0.4 is 0 Å². The first-order chi connectivity index (χ1) is 8.56. The van der Waals surface area contributed by atoms with Gasteiger partial charge in [-0.05, 0) is 18.1 Å². The molecule has 0 N–H and O–H groups in total. The summed E-state index contributed by atoms with van der Waals surface area (Å²) in [5.41, 5.74) is 0.597. The topological polar surface area (TPSA) is 44.1 Å². The van der Waals surface area contributed by atoms with E-state index in [1.54, 1.807) is 17.0 Å². The van der Waals surface area contributed by atoms with E-state index in [1.165, 1.54) is 0 Å². The zero-order chi connectivity index (χ0) is 13.5. The number of amides is 1. The second kappa shape index (κ2) is 7.07. The Kier molecular flexibility index (Phi) is 5.73. The Hall–Kier alpha value is -1.47. The third-order valence-electron chi connectivity index (χ3n) is 2.50. The number of benzene rings is 1. The minimum absolute atomic E-state index is 0.0513. The maximum atomic E-state index is 12.4. The highest BCUT2D eigenvalue weighted by Gasteiger charge is 2.18. The van der Waals surface area contributed by atoms with Crippen molar-refractivity contribution in [1.82, 2.24) is 4.90 Å². The molecule has 18 heavy (non-hydrogen) atoms. The monoisotopic (exact) mass is 262 g/mol. The van der Waals surface area contributed by atoms with Crippen LogP contribution in [-0.4, -0.2) is 23.9 Å². The molecule has 0 bridgehead atoms. The Bertz CT molecular complexity index is 451. The SMILES string of the molecule is CC(C)CN(CCC#N)C(=O)c1ccccc1S. The first-order valence-corrected chi connectivity index (χ1v) is 6.45. The number of nitriles is 1. The first kappa shape index (κ1) is 14.6. The molecule has 0 heterocycles. The molecule has 0 unspecified atom stereocenters. The highest BCUT2D eigenvalue weighted by molar-refractivity contribution is 7.80. The van der Waals surface area contributed by atoms with E-state index in [0.717, 1.165) is 0 Å². The van der Waals surface area contributed by atoms with Crippen molar-refractivity contribution in [3.05, 3.63) is 29.8 Å². The molecule has 0 aliphatic heterocycles. The van der Waals surface area contributed by atoms with E-state index in [0.29, 0.717) is 35.9 Å². The molecular formula is C14H18N2OS. The van der Waals surface area contributed by atoms with Gasteiger partial charge in [0, 0.05) is 18.0 Å². The van der Waals surface area contributed by atoms with E-state index in [9.17, 15) is 4.79 Å². The molecule has 4 heteroatoms. The molecule has 0 atom stereocenters. The lowest BCUT2D eigenvalue weighted by molar-refractivity contribution is 0.0736. The van der Waals surface area contributed by atoms with Gasteiger partial charge in [0.05, 0.1) is 18.1 Å². The fraction of sp³-hybridized carbons (Fsp3) is 0.429. The summed E-state index contributed by atoms with van der Waals surface area (Å²) in [5, 5.41) is 8.65. The number of hydrogen-bond donors (Lipinski definition) is 1. The highest BCUT2D eigenvalue weighted by atomic mass is 32.1. The van der Waals surface area contributed by atoms with Crippen LogP contribution >= 0.6 is 12.6 Å².